The van der Waals surface area contributed by atoms with Crippen molar-refractivity contribution in [2.24, 2.45) is 0 Å². The fourth-order valence-corrected chi connectivity index (χ4v) is 7.83. The van der Waals surface area contributed by atoms with Crippen LogP contribution in [0.1, 0.15) is 64.5 Å². The fourth-order valence-electron chi connectivity index (χ4n) is 7.39. The zero-order chi connectivity index (χ0) is 42.6. The molecule has 2 fully saturated rings. The van der Waals surface area contributed by atoms with Crippen LogP contribution >= 0.6 is 23.2 Å². The Morgan fingerprint density at radius 2 is 1.28 bits per heavy atom. The molecule has 4 aliphatic rings. The van der Waals surface area contributed by atoms with Gasteiger partial charge in [-0.3, -0.25) is 48.1 Å². The van der Waals surface area contributed by atoms with Crippen LogP contribution in [0.25, 0.3) is 0 Å². The largest absolute Gasteiger partial charge is 0.502 e. The van der Waals surface area contributed by atoms with E-state index in [4.69, 9.17) is 32.7 Å². The summed E-state index contributed by atoms with van der Waals surface area (Å²) in [6.07, 6.45) is 1.31. The average Bonchev–Trinajstić information content (AvgIpc) is 3.20. The number of fused-ring (bicyclic) bond motifs is 8. The molecule has 0 radical (unpaired) electrons. The Hall–Kier alpha value is -6.22. The van der Waals surface area contributed by atoms with Gasteiger partial charge < -0.3 is 40.1 Å². The van der Waals surface area contributed by atoms with Gasteiger partial charge in [-0.1, -0.05) is 35.3 Å². The number of ether oxygens (including phenoxy) is 2. The second-order valence-corrected chi connectivity index (χ2v) is 15.0. The van der Waals surface area contributed by atoms with Gasteiger partial charge in [0.05, 0.1) is 49.5 Å². The van der Waals surface area contributed by atoms with Gasteiger partial charge in [-0.2, -0.15) is 0 Å². The Morgan fingerprint density at radius 3 is 1.93 bits per heavy atom. The van der Waals surface area contributed by atoms with E-state index in [0.29, 0.717) is 5.56 Å². The third-order valence-corrected chi connectivity index (χ3v) is 11.1. The molecule has 2 aromatic heterocycles. The van der Waals surface area contributed by atoms with Crippen molar-refractivity contribution in [3.8, 4) is 11.5 Å². The summed E-state index contributed by atoms with van der Waals surface area (Å²) in [5.41, 5.74) is -3.73. The van der Waals surface area contributed by atoms with Crippen LogP contribution in [0, 0.1) is 11.6 Å². The van der Waals surface area contributed by atoms with Crippen molar-refractivity contribution >= 4 is 46.8 Å². The lowest BCUT2D eigenvalue weighted by Crippen LogP contribution is -2.57. The number of rotatable bonds is 7. The minimum absolute atomic E-state index is 0.00909. The summed E-state index contributed by atoms with van der Waals surface area (Å²) < 4.78 is 43.9. The van der Waals surface area contributed by atoms with Crippen molar-refractivity contribution in [3.63, 3.8) is 0 Å². The van der Waals surface area contributed by atoms with Gasteiger partial charge in [0.15, 0.2) is 22.9 Å². The van der Waals surface area contributed by atoms with Crippen LogP contribution in [0.2, 0.25) is 10.0 Å². The first-order valence-electron chi connectivity index (χ1n) is 18.5. The van der Waals surface area contributed by atoms with E-state index < -0.39 is 87.1 Å². The number of aromatic hydroxyl groups is 2. The van der Waals surface area contributed by atoms with Gasteiger partial charge in [0.1, 0.15) is 42.2 Å². The van der Waals surface area contributed by atoms with E-state index in [1.165, 1.54) is 49.5 Å². The standard InChI is InChI=1S/C38H34Cl2F2N8O10/c39-24-3-1-2-19(27(24)41)12-43-35(55)22-15-50-30(34(54)32(22)52)38(58)46-16-26(60-9-6-48(50)18-46)20-10-21(28(42)25(40)11-20)13-44-36(56)23-14-49-29(33(53)31(23)51)37(57)45-4-7-59-8-5-47(49)17-45/h1-3,10-11,14-15,26,53-54H,4-9,12-13,16-18H2,(H,43,55)(H,44,56). The van der Waals surface area contributed by atoms with Crippen molar-refractivity contribution in [1.29, 1.82) is 0 Å². The Morgan fingerprint density at radius 1 is 0.733 bits per heavy atom. The van der Waals surface area contributed by atoms with Gasteiger partial charge in [0.2, 0.25) is 10.9 Å². The molecule has 4 aromatic rings. The van der Waals surface area contributed by atoms with Crippen LogP contribution < -0.4 is 31.5 Å². The minimum Gasteiger partial charge on any atom is -0.502 e. The van der Waals surface area contributed by atoms with Gasteiger partial charge in [0, 0.05) is 43.2 Å². The van der Waals surface area contributed by atoms with Crippen LogP contribution in [0.3, 0.4) is 0 Å². The maximum absolute atomic E-state index is 15.5. The van der Waals surface area contributed by atoms with E-state index >= 15 is 4.39 Å². The first-order chi connectivity index (χ1) is 28.7. The topological polar surface area (TPSA) is 208 Å². The Kier molecular flexibility index (Phi) is 10.9. The number of hydrogen-bond acceptors (Lipinski definition) is 12. The van der Waals surface area contributed by atoms with Crippen LogP contribution in [-0.4, -0.2) is 112 Å². The number of aromatic nitrogens is 2. The van der Waals surface area contributed by atoms with Crippen molar-refractivity contribution in [2.75, 3.05) is 69.4 Å². The molecule has 60 heavy (non-hydrogen) atoms. The number of nitrogens with one attached hydrogen (secondary N) is 2. The Bertz CT molecular complexity index is 2610. The van der Waals surface area contributed by atoms with E-state index in [-0.39, 0.29) is 92.7 Å². The predicted molar refractivity (Wildman–Crippen MR) is 207 cm³/mol. The van der Waals surface area contributed by atoms with Crippen LogP contribution in [-0.2, 0) is 22.6 Å². The van der Waals surface area contributed by atoms with Gasteiger partial charge in [-0.05, 0) is 23.8 Å². The van der Waals surface area contributed by atoms with Gasteiger partial charge in [-0.25, -0.2) is 8.78 Å². The first kappa shape index (κ1) is 40.6. The molecule has 1 atom stereocenters. The lowest BCUT2D eigenvalue weighted by molar-refractivity contribution is 0.00531. The fraction of sp³-hybridized carbons (Fsp3) is 0.316. The summed E-state index contributed by atoms with van der Waals surface area (Å²) in [6, 6.07) is 6.88. The molecule has 22 heteroatoms. The number of carbonyl (C=O) groups is 4. The molecule has 2 aromatic carbocycles. The van der Waals surface area contributed by atoms with E-state index in [1.54, 1.807) is 10.0 Å². The summed E-state index contributed by atoms with van der Waals surface area (Å²) in [5, 5.41) is 29.4. The molecule has 18 nitrogen and oxygen atoms in total. The lowest BCUT2D eigenvalue weighted by Gasteiger charge is -2.43. The number of benzene rings is 2. The van der Waals surface area contributed by atoms with Crippen LogP contribution in [0.15, 0.2) is 52.3 Å². The molecule has 4 amide bonds. The zero-order valence-corrected chi connectivity index (χ0v) is 32.8. The number of hydrogen-bond donors (Lipinski definition) is 4. The average molecular weight is 872 g/mol. The number of carbonyl (C=O) groups excluding carboxylic acids is 4. The third-order valence-electron chi connectivity index (χ3n) is 10.5. The zero-order valence-electron chi connectivity index (χ0n) is 31.3. The molecule has 0 spiro atoms. The summed E-state index contributed by atoms with van der Waals surface area (Å²) in [4.78, 5) is 82.5. The molecular formula is C38H34Cl2F2N8O10. The molecule has 8 rings (SSSR count). The molecule has 2 saturated heterocycles. The maximum Gasteiger partial charge on any atom is 0.278 e. The quantitative estimate of drug-likeness (QED) is 0.208. The highest BCUT2D eigenvalue weighted by Crippen LogP contribution is 2.31. The second kappa shape index (κ2) is 16.1. The molecule has 4 bridgehead atoms. The molecule has 1 unspecified atom stereocenters. The van der Waals surface area contributed by atoms with Crippen molar-refractivity contribution in [1.82, 2.24) is 29.8 Å². The monoisotopic (exact) mass is 870 g/mol. The third kappa shape index (κ3) is 7.24. The van der Waals surface area contributed by atoms with E-state index in [1.807, 2.05) is 0 Å². The summed E-state index contributed by atoms with van der Waals surface area (Å²) in [6.45, 7) is 0.199. The van der Waals surface area contributed by atoms with Crippen LogP contribution in [0.4, 0.5) is 8.78 Å². The van der Waals surface area contributed by atoms with Gasteiger partial charge in [-0.15, -0.1) is 0 Å². The predicted octanol–water partition coefficient (Wildman–Crippen LogP) is 1.37. The molecule has 0 aliphatic carbocycles. The number of halogens is 4. The highest BCUT2D eigenvalue weighted by atomic mass is 35.5. The van der Waals surface area contributed by atoms with E-state index in [9.17, 15) is 43.4 Å². The number of amides is 4. The lowest BCUT2D eigenvalue weighted by atomic mass is 10.0. The van der Waals surface area contributed by atoms with Crippen LogP contribution in [0.5, 0.6) is 11.5 Å². The molecule has 6 heterocycles. The normalized spacial score (nSPS) is 17.6. The SMILES string of the molecule is O=C(NCc1cc(C2CN3CN(CCO2)n2cc(C(=O)NCc4cccc(Cl)c4F)c(=O)c(O)c2C3=O)cc(Cl)c1F)c1cn2c(c(O)c1=O)C(=O)N1CCOCCN2C1. The Balaban J connectivity index is 1.000. The summed E-state index contributed by atoms with van der Waals surface area (Å²) in [7, 11) is 0. The molecule has 4 N–H and O–H groups in total. The van der Waals surface area contributed by atoms with Gasteiger partial charge in [0.25, 0.3) is 23.6 Å². The minimum atomic E-state index is -1.14. The second-order valence-electron chi connectivity index (χ2n) is 14.2. The van der Waals surface area contributed by atoms with Crippen molar-refractivity contribution < 1.29 is 47.6 Å². The van der Waals surface area contributed by atoms with Crippen molar-refractivity contribution in [3.05, 3.63) is 124 Å². The van der Waals surface area contributed by atoms with Gasteiger partial charge >= 0.3 is 0 Å². The molecule has 0 saturated carbocycles. The summed E-state index contributed by atoms with van der Waals surface area (Å²) >= 11 is 12.1. The molecule has 314 valence electrons. The van der Waals surface area contributed by atoms with Crippen molar-refractivity contribution in [2.45, 2.75) is 19.2 Å². The Labute approximate surface area is 347 Å². The molecule has 4 aliphatic heterocycles. The van der Waals surface area contributed by atoms with E-state index in [0.717, 1.165) is 12.4 Å². The number of nitrogens with zero attached hydrogens (tertiary/aromatic N) is 6. The number of pyridine rings is 2. The highest BCUT2D eigenvalue weighted by molar-refractivity contribution is 6.31. The smallest absolute Gasteiger partial charge is 0.278 e. The first-order valence-corrected chi connectivity index (χ1v) is 19.2. The summed E-state index contributed by atoms with van der Waals surface area (Å²) in [5.74, 6) is -6.86. The maximum atomic E-state index is 15.5. The molecular weight excluding hydrogens is 837 g/mol. The van der Waals surface area contributed by atoms with E-state index in [2.05, 4.69) is 10.6 Å². The highest BCUT2D eigenvalue weighted by Gasteiger charge is 2.38.